The van der Waals surface area contributed by atoms with E-state index in [4.69, 9.17) is 21.0 Å². The Balaban J connectivity index is 1.26. The molecule has 0 saturated carbocycles. The Morgan fingerprint density at radius 2 is 1.15 bits per heavy atom. The normalized spacial score (nSPS) is 11.7. The van der Waals surface area contributed by atoms with Gasteiger partial charge in [-0.05, 0) is 47.0 Å². The van der Waals surface area contributed by atoms with Crippen molar-refractivity contribution in [2.24, 2.45) is 0 Å². The van der Waals surface area contributed by atoms with Crippen molar-refractivity contribution in [2.45, 2.75) is 0 Å². The Hall–Kier alpha value is -5.00. The predicted molar refractivity (Wildman–Crippen MR) is 157 cm³/mol. The summed E-state index contributed by atoms with van der Waals surface area (Å²) in [4.78, 5) is 13.9. The lowest BCUT2D eigenvalue weighted by Gasteiger charge is -2.09. The summed E-state index contributed by atoms with van der Waals surface area (Å²) < 4.78 is 8.13. The third-order valence-electron chi connectivity index (χ3n) is 7.23. The fourth-order valence-electron chi connectivity index (χ4n) is 5.52. The van der Waals surface area contributed by atoms with Crippen LogP contribution in [-0.2, 0) is 0 Å². The van der Waals surface area contributed by atoms with Gasteiger partial charge < -0.3 is 4.42 Å². The van der Waals surface area contributed by atoms with E-state index in [1.165, 1.54) is 0 Å². The van der Waals surface area contributed by atoms with Gasteiger partial charge in [0.1, 0.15) is 11.2 Å². The van der Waals surface area contributed by atoms with Gasteiger partial charge in [-0.25, -0.2) is 0 Å². The van der Waals surface area contributed by atoms with E-state index in [0.717, 1.165) is 60.4 Å². The van der Waals surface area contributed by atoms with Gasteiger partial charge in [0.2, 0.25) is 11.2 Å². The molecule has 0 fully saturated rings. The lowest BCUT2D eigenvalue weighted by atomic mass is 9.98. The second-order valence-corrected chi connectivity index (χ2v) is 9.79. The van der Waals surface area contributed by atoms with Crippen molar-refractivity contribution < 1.29 is 4.42 Å². The zero-order chi connectivity index (χ0) is 25.9. The van der Waals surface area contributed by atoms with E-state index < -0.39 is 0 Å². The van der Waals surface area contributed by atoms with Gasteiger partial charge in [0, 0.05) is 27.1 Å². The lowest BCUT2D eigenvalue weighted by Crippen LogP contribution is -2.04. The minimum atomic E-state index is 0.149. The van der Waals surface area contributed by atoms with Crippen molar-refractivity contribution in [3.8, 4) is 28.5 Å². The molecular weight excluding hydrogens is 504 g/mol. The highest BCUT2D eigenvalue weighted by Crippen LogP contribution is 2.37. The smallest absolute Gasteiger partial charge is 0.239 e. The first-order valence-electron chi connectivity index (χ1n) is 12.7. The average Bonchev–Trinajstić information content (AvgIpc) is 3.53. The Bertz CT molecular complexity index is 2140. The Kier molecular flexibility index (Phi) is 4.81. The lowest BCUT2D eigenvalue weighted by molar-refractivity contribution is 0.669. The van der Waals surface area contributed by atoms with Gasteiger partial charge in [-0.15, -0.1) is 0 Å². The van der Waals surface area contributed by atoms with E-state index in [-0.39, 0.29) is 5.28 Å². The van der Waals surface area contributed by atoms with Crippen molar-refractivity contribution in [3.63, 3.8) is 0 Å². The van der Waals surface area contributed by atoms with Crippen LogP contribution in [0.25, 0.3) is 72.2 Å². The van der Waals surface area contributed by atoms with Crippen LogP contribution in [0.1, 0.15) is 0 Å². The van der Waals surface area contributed by atoms with Crippen molar-refractivity contribution >= 4 is 55.3 Å². The molecule has 8 rings (SSSR count). The summed E-state index contributed by atoms with van der Waals surface area (Å²) in [6, 6.07) is 39.0. The number of hydrogen-bond acceptors (Lipinski definition) is 4. The first-order chi connectivity index (χ1) is 19.2. The number of para-hydroxylation sites is 3. The van der Waals surface area contributed by atoms with E-state index in [9.17, 15) is 0 Å². The summed E-state index contributed by atoms with van der Waals surface area (Å²) >= 11 is 6.47. The maximum absolute atomic E-state index is 6.47. The minimum Gasteiger partial charge on any atom is -0.456 e. The number of halogens is 1. The molecule has 3 heterocycles. The number of furan rings is 1. The van der Waals surface area contributed by atoms with Crippen LogP contribution in [-0.4, -0.2) is 19.5 Å². The van der Waals surface area contributed by atoms with E-state index in [1.807, 2.05) is 71.3 Å². The molecule has 5 aromatic carbocycles. The molecule has 0 aliphatic heterocycles. The van der Waals surface area contributed by atoms with Gasteiger partial charge in [-0.3, -0.25) is 4.57 Å². The topological polar surface area (TPSA) is 56.7 Å². The fraction of sp³-hybridized carbons (Fsp3) is 0. The van der Waals surface area contributed by atoms with Crippen molar-refractivity contribution in [3.05, 3.63) is 121 Å². The summed E-state index contributed by atoms with van der Waals surface area (Å²) in [6.45, 7) is 0. The summed E-state index contributed by atoms with van der Waals surface area (Å²) in [5.74, 6) is 1.01. The van der Waals surface area contributed by atoms with Crippen LogP contribution in [0, 0.1) is 0 Å². The van der Waals surface area contributed by atoms with Gasteiger partial charge in [-0.2, -0.15) is 15.0 Å². The molecule has 0 saturated heterocycles. The SMILES string of the molecule is Clc1nc(-c2ccc(-c3cccc4oc5ccccc5c34)cc2)nc(-n2c3ccccc3c3ccccc32)n1. The zero-order valence-corrected chi connectivity index (χ0v) is 21.3. The molecule has 0 spiro atoms. The number of aromatic nitrogens is 4. The molecule has 5 nitrogen and oxygen atoms in total. The van der Waals surface area contributed by atoms with Crippen molar-refractivity contribution in [1.29, 1.82) is 0 Å². The van der Waals surface area contributed by atoms with Gasteiger partial charge in [0.15, 0.2) is 5.82 Å². The molecule has 184 valence electrons. The molecule has 0 amide bonds. The van der Waals surface area contributed by atoms with Crippen molar-refractivity contribution in [1.82, 2.24) is 19.5 Å². The number of nitrogens with zero attached hydrogens (tertiary/aromatic N) is 4. The van der Waals surface area contributed by atoms with Crippen LogP contribution in [0.5, 0.6) is 0 Å². The highest BCUT2D eigenvalue weighted by atomic mass is 35.5. The number of hydrogen-bond donors (Lipinski definition) is 0. The number of benzene rings is 5. The molecule has 6 heteroatoms. The van der Waals surface area contributed by atoms with Gasteiger partial charge in [-0.1, -0.05) is 91.0 Å². The maximum Gasteiger partial charge on any atom is 0.239 e. The largest absolute Gasteiger partial charge is 0.456 e. The molecule has 0 atom stereocenters. The fourth-order valence-corrected chi connectivity index (χ4v) is 5.68. The van der Waals surface area contributed by atoms with Crippen molar-refractivity contribution in [2.75, 3.05) is 0 Å². The summed E-state index contributed by atoms with van der Waals surface area (Å²) in [7, 11) is 0. The van der Waals surface area contributed by atoms with E-state index in [2.05, 4.69) is 58.5 Å². The Morgan fingerprint density at radius 1 is 0.538 bits per heavy atom. The second-order valence-electron chi connectivity index (χ2n) is 9.45. The quantitative estimate of drug-likeness (QED) is 0.232. The maximum atomic E-state index is 6.47. The monoisotopic (exact) mass is 522 g/mol. The van der Waals surface area contributed by atoms with Crippen LogP contribution in [0.15, 0.2) is 120 Å². The van der Waals surface area contributed by atoms with E-state index in [1.54, 1.807) is 0 Å². The average molecular weight is 523 g/mol. The van der Waals surface area contributed by atoms with Gasteiger partial charge in [0.05, 0.1) is 11.0 Å². The van der Waals surface area contributed by atoms with E-state index in [0.29, 0.717) is 11.8 Å². The highest BCUT2D eigenvalue weighted by Gasteiger charge is 2.17. The van der Waals surface area contributed by atoms with Crippen LogP contribution in [0.3, 0.4) is 0 Å². The first kappa shape index (κ1) is 22.0. The molecule has 0 N–H and O–H groups in total. The van der Waals surface area contributed by atoms with Gasteiger partial charge >= 0.3 is 0 Å². The van der Waals surface area contributed by atoms with Crippen LogP contribution in [0.2, 0.25) is 5.28 Å². The molecule has 0 radical (unpaired) electrons. The summed E-state index contributed by atoms with van der Waals surface area (Å²) in [6.07, 6.45) is 0. The standard InChI is InChI=1S/C33H19ClN4O/c34-32-35-31(36-33(37-32)38-26-12-4-1-8-23(26)24-9-2-5-13-27(24)38)21-18-16-20(17-19-21)22-11-7-15-29-30(22)25-10-3-6-14-28(25)39-29/h1-19H. The third kappa shape index (κ3) is 3.44. The molecule has 3 aromatic heterocycles. The highest BCUT2D eigenvalue weighted by molar-refractivity contribution is 6.28. The molecule has 0 aliphatic carbocycles. The van der Waals surface area contributed by atoms with Crippen LogP contribution in [0.4, 0.5) is 0 Å². The molecule has 0 aliphatic rings. The Morgan fingerprint density at radius 3 is 1.90 bits per heavy atom. The number of rotatable bonds is 3. The van der Waals surface area contributed by atoms with E-state index >= 15 is 0 Å². The molecule has 8 aromatic rings. The molecular formula is C33H19ClN4O. The van der Waals surface area contributed by atoms with Gasteiger partial charge in [0.25, 0.3) is 0 Å². The first-order valence-corrected chi connectivity index (χ1v) is 13.0. The predicted octanol–water partition coefficient (Wildman–Crippen LogP) is 8.86. The summed E-state index contributed by atoms with van der Waals surface area (Å²) in [5, 5.41) is 4.63. The minimum absolute atomic E-state index is 0.149. The van der Waals surface area contributed by atoms with Crippen LogP contribution >= 0.6 is 11.6 Å². The summed E-state index contributed by atoms with van der Waals surface area (Å²) in [5.41, 5.74) is 6.84. The molecule has 39 heavy (non-hydrogen) atoms. The second kappa shape index (κ2) is 8.51. The zero-order valence-electron chi connectivity index (χ0n) is 20.5. The molecule has 0 bridgehead atoms. The third-order valence-corrected chi connectivity index (χ3v) is 7.40. The van der Waals surface area contributed by atoms with Crippen LogP contribution < -0.4 is 0 Å². The number of fused-ring (bicyclic) bond motifs is 6. The molecule has 0 unspecified atom stereocenters. The Labute approximate surface area is 228 Å².